The van der Waals surface area contributed by atoms with E-state index in [4.69, 9.17) is 16.3 Å². The molecule has 0 spiro atoms. The number of hydrogen-bond donors (Lipinski definition) is 1. The van der Waals surface area contributed by atoms with E-state index in [1.165, 1.54) is 18.2 Å². The third-order valence-corrected chi connectivity index (χ3v) is 4.68. The van der Waals surface area contributed by atoms with Crippen molar-refractivity contribution in [1.82, 2.24) is 0 Å². The normalized spacial score (nSPS) is 11.0. The van der Waals surface area contributed by atoms with Crippen molar-refractivity contribution in [2.24, 2.45) is 0 Å². The van der Waals surface area contributed by atoms with Crippen LogP contribution in [0.2, 0.25) is 5.02 Å². The van der Waals surface area contributed by atoms with Crippen molar-refractivity contribution in [3.8, 4) is 0 Å². The van der Waals surface area contributed by atoms with Gasteiger partial charge in [0.2, 0.25) is 0 Å². The first-order valence-corrected chi connectivity index (χ1v) is 9.47. The number of aryl methyl sites for hydroxylation is 1. The van der Waals surface area contributed by atoms with Crippen LogP contribution in [0.1, 0.15) is 15.9 Å². The molecule has 132 valence electrons. The number of benzene rings is 2. The first kappa shape index (κ1) is 19.0. The average Bonchev–Trinajstić information content (AvgIpc) is 2.54. The summed E-state index contributed by atoms with van der Waals surface area (Å²) in [5.41, 5.74) is 1.17. The molecule has 0 aliphatic rings. The van der Waals surface area contributed by atoms with Gasteiger partial charge in [-0.3, -0.25) is 4.79 Å². The molecule has 25 heavy (non-hydrogen) atoms. The summed E-state index contributed by atoms with van der Waals surface area (Å²) in [7, 11) is -3.45. The van der Waals surface area contributed by atoms with Crippen LogP contribution in [0.4, 0.5) is 5.69 Å². The number of esters is 1. The highest BCUT2D eigenvalue weighted by atomic mass is 35.5. The molecule has 0 aliphatic carbocycles. The summed E-state index contributed by atoms with van der Waals surface area (Å²) >= 11 is 5.75. The Labute approximate surface area is 150 Å². The van der Waals surface area contributed by atoms with E-state index in [1.807, 2.05) is 0 Å². The van der Waals surface area contributed by atoms with Crippen molar-refractivity contribution in [3.63, 3.8) is 0 Å². The second-order valence-electron chi connectivity index (χ2n) is 5.38. The number of ether oxygens (including phenoxy) is 1. The number of rotatable bonds is 5. The lowest BCUT2D eigenvalue weighted by molar-refractivity contribution is -0.119. The number of halogens is 1. The zero-order valence-electron chi connectivity index (χ0n) is 13.6. The number of carbonyl (C=O) groups excluding carboxylic acids is 2. The Bertz CT molecular complexity index is 907. The van der Waals surface area contributed by atoms with Gasteiger partial charge in [-0.1, -0.05) is 17.7 Å². The predicted octanol–water partition coefficient (Wildman–Crippen LogP) is 2.85. The maximum atomic E-state index is 12.1. The molecule has 6 nitrogen and oxygen atoms in total. The molecular formula is C17H16ClNO5S. The lowest BCUT2D eigenvalue weighted by Gasteiger charge is -2.09. The molecule has 0 atom stereocenters. The molecule has 2 aromatic rings. The molecule has 0 saturated heterocycles. The van der Waals surface area contributed by atoms with E-state index < -0.39 is 28.3 Å². The predicted molar refractivity (Wildman–Crippen MR) is 94.7 cm³/mol. The van der Waals surface area contributed by atoms with E-state index in [2.05, 4.69) is 5.32 Å². The van der Waals surface area contributed by atoms with Gasteiger partial charge in [-0.25, -0.2) is 13.2 Å². The Kier molecular flexibility index (Phi) is 5.81. The third kappa shape index (κ3) is 5.30. The fourth-order valence-corrected chi connectivity index (χ4v) is 2.76. The minimum atomic E-state index is -3.45. The van der Waals surface area contributed by atoms with Crippen LogP contribution >= 0.6 is 11.6 Å². The molecule has 2 aromatic carbocycles. The van der Waals surface area contributed by atoms with Gasteiger partial charge in [0.05, 0.1) is 10.5 Å². The van der Waals surface area contributed by atoms with E-state index in [0.29, 0.717) is 16.3 Å². The van der Waals surface area contributed by atoms with Crippen molar-refractivity contribution >= 4 is 39.0 Å². The topological polar surface area (TPSA) is 89.5 Å². The summed E-state index contributed by atoms with van der Waals surface area (Å²) in [6.07, 6.45) is 1.05. The minimum Gasteiger partial charge on any atom is -0.452 e. The van der Waals surface area contributed by atoms with Crippen LogP contribution < -0.4 is 5.32 Å². The van der Waals surface area contributed by atoms with Crippen LogP contribution in [-0.4, -0.2) is 33.2 Å². The Morgan fingerprint density at radius 3 is 2.36 bits per heavy atom. The minimum absolute atomic E-state index is 0.00988. The second kappa shape index (κ2) is 7.67. The van der Waals surface area contributed by atoms with Crippen LogP contribution in [0, 0.1) is 6.92 Å². The summed E-state index contributed by atoms with van der Waals surface area (Å²) in [5.74, 6) is -1.29. The molecular weight excluding hydrogens is 366 g/mol. The van der Waals surface area contributed by atoms with Gasteiger partial charge in [-0.2, -0.15) is 0 Å². The molecule has 1 amide bonds. The van der Waals surface area contributed by atoms with E-state index in [-0.39, 0.29) is 10.5 Å². The molecule has 0 bridgehead atoms. The quantitative estimate of drug-likeness (QED) is 0.804. The highest BCUT2D eigenvalue weighted by molar-refractivity contribution is 7.90. The van der Waals surface area contributed by atoms with Crippen LogP contribution in [0.15, 0.2) is 47.4 Å². The number of anilines is 1. The third-order valence-electron chi connectivity index (χ3n) is 3.32. The first-order chi connectivity index (χ1) is 11.7. The lowest BCUT2D eigenvalue weighted by Crippen LogP contribution is -2.21. The van der Waals surface area contributed by atoms with E-state index in [0.717, 1.165) is 6.26 Å². The zero-order valence-corrected chi connectivity index (χ0v) is 15.1. The molecule has 0 fully saturated rings. The summed E-state index contributed by atoms with van der Waals surface area (Å²) in [5, 5.41) is 3.09. The van der Waals surface area contributed by atoms with Crippen molar-refractivity contribution in [2.45, 2.75) is 11.8 Å². The number of hydrogen-bond acceptors (Lipinski definition) is 5. The maximum absolute atomic E-state index is 12.1. The van der Waals surface area contributed by atoms with Gasteiger partial charge in [-0.15, -0.1) is 0 Å². The standard InChI is InChI=1S/C17H16ClNO5S/c1-11-3-8-14(25(2,22)23)9-15(11)17(21)24-10-16(20)19-13-6-4-12(18)5-7-13/h3-9H,10H2,1-2H3,(H,19,20). The van der Waals surface area contributed by atoms with Gasteiger partial charge in [0.1, 0.15) is 0 Å². The number of carbonyl (C=O) groups is 2. The number of sulfone groups is 1. The maximum Gasteiger partial charge on any atom is 0.338 e. The van der Waals surface area contributed by atoms with Crippen molar-refractivity contribution in [2.75, 3.05) is 18.2 Å². The average molecular weight is 382 g/mol. The second-order valence-corrected chi connectivity index (χ2v) is 7.83. The highest BCUT2D eigenvalue weighted by Gasteiger charge is 2.16. The molecule has 0 heterocycles. The summed E-state index contributed by atoms with van der Waals surface area (Å²) in [6.45, 7) is 1.15. The van der Waals surface area contributed by atoms with E-state index in [1.54, 1.807) is 31.2 Å². The largest absolute Gasteiger partial charge is 0.452 e. The van der Waals surface area contributed by atoms with Gasteiger partial charge >= 0.3 is 5.97 Å². The van der Waals surface area contributed by atoms with Crippen molar-refractivity contribution in [1.29, 1.82) is 0 Å². The molecule has 1 N–H and O–H groups in total. The van der Waals surface area contributed by atoms with Gasteiger partial charge in [-0.05, 0) is 48.9 Å². The zero-order chi connectivity index (χ0) is 18.6. The van der Waals surface area contributed by atoms with Crippen molar-refractivity contribution in [3.05, 3.63) is 58.6 Å². The molecule has 0 radical (unpaired) electrons. The first-order valence-electron chi connectivity index (χ1n) is 7.20. The van der Waals surface area contributed by atoms with Crippen LogP contribution in [0.3, 0.4) is 0 Å². The van der Waals surface area contributed by atoms with Crippen molar-refractivity contribution < 1.29 is 22.7 Å². The molecule has 8 heteroatoms. The molecule has 0 aliphatic heterocycles. The van der Waals surface area contributed by atoms with Gasteiger partial charge in [0.25, 0.3) is 5.91 Å². The highest BCUT2D eigenvalue weighted by Crippen LogP contribution is 2.17. The summed E-state index contributed by atoms with van der Waals surface area (Å²) in [6, 6.07) is 10.6. The molecule has 0 saturated carbocycles. The lowest BCUT2D eigenvalue weighted by atomic mass is 10.1. The summed E-state index contributed by atoms with van der Waals surface area (Å²) < 4.78 is 28.1. The monoisotopic (exact) mass is 381 g/mol. The van der Waals surface area contributed by atoms with Gasteiger partial charge < -0.3 is 10.1 Å². The Balaban J connectivity index is 2.02. The van der Waals surface area contributed by atoms with Gasteiger partial charge in [0, 0.05) is 17.0 Å². The van der Waals surface area contributed by atoms with E-state index >= 15 is 0 Å². The smallest absolute Gasteiger partial charge is 0.338 e. The van der Waals surface area contributed by atoms with Crippen LogP contribution in [0.5, 0.6) is 0 Å². The fourth-order valence-electron chi connectivity index (χ4n) is 1.99. The Morgan fingerprint density at radius 1 is 1.12 bits per heavy atom. The molecule has 2 rings (SSSR count). The number of nitrogens with one attached hydrogen (secondary N) is 1. The SMILES string of the molecule is Cc1ccc(S(C)(=O)=O)cc1C(=O)OCC(=O)Nc1ccc(Cl)cc1. The Hall–Kier alpha value is -2.38. The van der Waals surface area contributed by atoms with Crippen LogP contribution in [-0.2, 0) is 19.4 Å². The Morgan fingerprint density at radius 2 is 1.76 bits per heavy atom. The molecule has 0 aromatic heterocycles. The van der Waals surface area contributed by atoms with Crippen LogP contribution in [0.25, 0.3) is 0 Å². The number of amides is 1. The van der Waals surface area contributed by atoms with E-state index in [9.17, 15) is 18.0 Å². The van der Waals surface area contributed by atoms with Gasteiger partial charge in [0.15, 0.2) is 16.4 Å². The molecule has 0 unspecified atom stereocenters. The summed E-state index contributed by atoms with van der Waals surface area (Å²) in [4.78, 5) is 24.0. The fraction of sp³-hybridized carbons (Fsp3) is 0.176.